The molecule has 1 saturated carbocycles. The maximum atomic E-state index is 6.58. The van der Waals surface area contributed by atoms with Crippen LogP contribution in [0.3, 0.4) is 0 Å². The van der Waals surface area contributed by atoms with E-state index < -0.39 is 0 Å². The predicted octanol–water partition coefficient (Wildman–Crippen LogP) is 5.14. The van der Waals surface area contributed by atoms with Crippen molar-refractivity contribution in [2.45, 2.75) is 24.8 Å². The van der Waals surface area contributed by atoms with E-state index in [-0.39, 0.29) is 5.54 Å². The standard InChI is InChI=1S/C29H29N7/c1-35(2)22-7-3-6-19(18-22)24-13-14-25-28(33-24)36(27(34-25)23-8-4-17-32-26(23)30)21-11-9-20(10-12-21)29(31)15-5-16-29/h3-4,6-14,17-18H,5,15-16,31H2,1-2H3,(H2,30,32). The van der Waals surface area contributed by atoms with Crippen molar-refractivity contribution in [1.29, 1.82) is 0 Å². The molecule has 0 saturated heterocycles. The predicted molar refractivity (Wildman–Crippen MR) is 146 cm³/mol. The Morgan fingerprint density at radius 3 is 2.42 bits per heavy atom. The molecule has 36 heavy (non-hydrogen) atoms. The Kier molecular flexibility index (Phi) is 5.23. The smallest absolute Gasteiger partial charge is 0.165 e. The summed E-state index contributed by atoms with van der Waals surface area (Å²) in [5, 5.41) is 0. The van der Waals surface area contributed by atoms with Crippen LogP contribution in [0.1, 0.15) is 24.8 Å². The number of hydrogen-bond donors (Lipinski definition) is 2. The molecule has 2 aromatic carbocycles. The van der Waals surface area contributed by atoms with Crippen molar-refractivity contribution >= 4 is 22.7 Å². The van der Waals surface area contributed by atoms with Gasteiger partial charge in [0.25, 0.3) is 0 Å². The van der Waals surface area contributed by atoms with Crippen LogP contribution in [-0.2, 0) is 5.54 Å². The first-order valence-corrected chi connectivity index (χ1v) is 12.2. The number of rotatable bonds is 5. The van der Waals surface area contributed by atoms with Gasteiger partial charge in [0.1, 0.15) is 11.3 Å². The summed E-state index contributed by atoms with van der Waals surface area (Å²) in [6.07, 6.45) is 4.91. The van der Waals surface area contributed by atoms with Crippen molar-refractivity contribution in [2.24, 2.45) is 5.73 Å². The molecule has 7 heteroatoms. The molecule has 3 aromatic heterocycles. The second-order valence-electron chi connectivity index (χ2n) is 9.75. The Balaban J connectivity index is 1.55. The Morgan fingerprint density at radius 1 is 0.917 bits per heavy atom. The van der Waals surface area contributed by atoms with E-state index in [1.807, 2.05) is 38.4 Å². The molecule has 6 rings (SSSR count). The summed E-state index contributed by atoms with van der Waals surface area (Å²) in [6, 6.07) is 24.7. The van der Waals surface area contributed by atoms with E-state index in [9.17, 15) is 0 Å². The van der Waals surface area contributed by atoms with Gasteiger partial charge in [0.15, 0.2) is 11.5 Å². The fraction of sp³-hybridized carbons (Fsp3) is 0.207. The SMILES string of the molecule is CN(C)c1cccc(-c2ccc3nc(-c4cccnc4N)n(-c4ccc(C5(N)CCC5)cc4)c3n2)c1. The van der Waals surface area contributed by atoms with Gasteiger partial charge in [-0.05, 0) is 73.4 Å². The highest BCUT2D eigenvalue weighted by molar-refractivity contribution is 5.84. The molecule has 0 spiro atoms. The zero-order valence-corrected chi connectivity index (χ0v) is 20.5. The molecule has 1 aliphatic carbocycles. The Hall–Kier alpha value is -4.23. The molecule has 0 bridgehead atoms. The minimum absolute atomic E-state index is 0.213. The third kappa shape index (κ3) is 3.69. The van der Waals surface area contributed by atoms with Crippen LogP contribution in [0.2, 0.25) is 0 Å². The number of pyridine rings is 2. The molecule has 0 radical (unpaired) electrons. The van der Waals surface area contributed by atoms with Crippen LogP contribution < -0.4 is 16.4 Å². The maximum Gasteiger partial charge on any atom is 0.165 e. The fourth-order valence-electron chi connectivity index (χ4n) is 4.88. The third-order valence-corrected chi connectivity index (χ3v) is 7.19. The van der Waals surface area contributed by atoms with Crippen molar-refractivity contribution in [3.8, 4) is 28.3 Å². The topological polar surface area (TPSA) is 98.9 Å². The molecule has 3 heterocycles. The molecule has 0 unspecified atom stereocenters. The van der Waals surface area contributed by atoms with Crippen molar-refractivity contribution in [2.75, 3.05) is 24.7 Å². The van der Waals surface area contributed by atoms with E-state index in [1.54, 1.807) is 6.20 Å². The monoisotopic (exact) mass is 475 g/mol. The molecule has 0 amide bonds. The highest BCUT2D eigenvalue weighted by Gasteiger charge is 2.34. The van der Waals surface area contributed by atoms with Gasteiger partial charge in [0.05, 0.1) is 11.3 Å². The highest BCUT2D eigenvalue weighted by Crippen LogP contribution is 2.39. The molecular weight excluding hydrogens is 446 g/mol. The van der Waals surface area contributed by atoms with E-state index in [0.717, 1.165) is 52.2 Å². The zero-order chi connectivity index (χ0) is 24.9. The van der Waals surface area contributed by atoms with Crippen molar-refractivity contribution in [1.82, 2.24) is 19.5 Å². The molecule has 180 valence electrons. The summed E-state index contributed by atoms with van der Waals surface area (Å²) in [7, 11) is 4.07. The number of hydrogen-bond acceptors (Lipinski definition) is 6. The number of nitrogen functional groups attached to an aromatic ring is 1. The normalized spacial score (nSPS) is 14.5. The van der Waals surface area contributed by atoms with E-state index in [2.05, 4.69) is 63.0 Å². The van der Waals surface area contributed by atoms with Crippen LogP contribution in [0.5, 0.6) is 0 Å². The Labute approximate surface area is 210 Å². The lowest BCUT2D eigenvalue weighted by Crippen LogP contribution is -2.43. The summed E-state index contributed by atoms with van der Waals surface area (Å²) in [5.41, 5.74) is 20.1. The summed E-state index contributed by atoms with van der Waals surface area (Å²) in [5.74, 6) is 1.14. The number of nitrogens with zero attached hydrogens (tertiary/aromatic N) is 5. The van der Waals surface area contributed by atoms with E-state index >= 15 is 0 Å². The minimum atomic E-state index is -0.213. The van der Waals surface area contributed by atoms with E-state index in [4.69, 9.17) is 21.4 Å². The average molecular weight is 476 g/mol. The molecule has 0 atom stereocenters. The molecular formula is C29H29N7. The Bertz CT molecular complexity index is 1560. The lowest BCUT2D eigenvalue weighted by molar-refractivity contribution is 0.253. The van der Waals surface area contributed by atoms with E-state index in [1.165, 1.54) is 12.0 Å². The number of anilines is 2. The molecule has 1 aliphatic rings. The second kappa shape index (κ2) is 8.46. The number of fused-ring (bicyclic) bond motifs is 1. The number of aromatic nitrogens is 4. The van der Waals surface area contributed by atoms with Crippen molar-refractivity contribution in [3.63, 3.8) is 0 Å². The van der Waals surface area contributed by atoms with Crippen LogP contribution in [0.4, 0.5) is 11.5 Å². The van der Waals surface area contributed by atoms with Gasteiger partial charge < -0.3 is 16.4 Å². The second-order valence-corrected chi connectivity index (χ2v) is 9.75. The minimum Gasteiger partial charge on any atom is -0.383 e. The van der Waals surface area contributed by atoms with Crippen LogP contribution >= 0.6 is 0 Å². The quantitative estimate of drug-likeness (QED) is 0.365. The number of imidazole rings is 1. The lowest BCUT2D eigenvalue weighted by Gasteiger charge is -2.38. The molecule has 1 fully saturated rings. The van der Waals surface area contributed by atoms with Gasteiger partial charge in [-0.2, -0.15) is 0 Å². The fourth-order valence-corrected chi connectivity index (χ4v) is 4.88. The number of benzene rings is 2. The lowest BCUT2D eigenvalue weighted by atomic mass is 9.73. The summed E-state index contributed by atoms with van der Waals surface area (Å²) >= 11 is 0. The van der Waals surface area contributed by atoms with Gasteiger partial charge in [0, 0.05) is 42.8 Å². The van der Waals surface area contributed by atoms with Crippen molar-refractivity contribution in [3.05, 3.63) is 84.6 Å². The van der Waals surface area contributed by atoms with Crippen molar-refractivity contribution < 1.29 is 0 Å². The summed E-state index contributed by atoms with van der Waals surface area (Å²) in [6.45, 7) is 0. The van der Waals surface area contributed by atoms with Gasteiger partial charge in [-0.25, -0.2) is 15.0 Å². The third-order valence-electron chi connectivity index (χ3n) is 7.19. The highest BCUT2D eigenvalue weighted by atomic mass is 15.1. The van der Waals surface area contributed by atoms with Crippen LogP contribution in [0.15, 0.2) is 79.0 Å². The van der Waals surface area contributed by atoms with Gasteiger partial charge in [-0.1, -0.05) is 24.3 Å². The van der Waals surface area contributed by atoms with Gasteiger partial charge in [-0.3, -0.25) is 4.57 Å². The zero-order valence-electron chi connectivity index (χ0n) is 20.5. The first kappa shape index (κ1) is 22.2. The molecule has 7 nitrogen and oxygen atoms in total. The first-order valence-electron chi connectivity index (χ1n) is 12.2. The summed E-state index contributed by atoms with van der Waals surface area (Å²) < 4.78 is 2.07. The number of nitrogens with two attached hydrogens (primary N) is 2. The summed E-state index contributed by atoms with van der Waals surface area (Å²) in [4.78, 5) is 16.4. The van der Waals surface area contributed by atoms with E-state index in [0.29, 0.717) is 11.6 Å². The first-order chi connectivity index (χ1) is 17.4. The van der Waals surface area contributed by atoms with Crippen LogP contribution in [-0.4, -0.2) is 33.6 Å². The molecule has 5 aromatic rings. The Morgan fingerprint density at radius 2 is 1.72 bits per heavy atom. The molecule has 4 N–H and O–H groups in total. The van der Waals surface area contributed by atoms with Gasteiger partial charge in [-0.15, -0.1) is 0 Å². The van der Waals surface area contributed by atoms with Gasteiger partial charge >= 0.3 is 0 Å². The van der Waals surface area contributed by atoms with Crippen LogP contribution in [0.25, 0.3) is 39.5 Å². The van der Waals surface area contributed by atoms with Gasteiger partial charge in [0.2, 0.25) is 0 Å². The van der Waals surface area contributed by atoms with Crippen LogP contribution in [0, 0.1) is 0 Å². The maximum absolute atomic E-state index is 6.58. The largest absolute Gasteiger partial charge is 0.383 e. The average Bonchev–Trinajstić information content (AvgIpc) is 3.26. The molecule has 0 aliphatic heterocycles.